The van der Waals surface area contributed by atoms with Crippen LogP contribution in [0.25, 0.3) is 0 Å². The largest absolute Gasteiger partial charge is 0.463 e. The van der Waals surface area contributed by atoms with Crippen molar-refractivity contribution in [3.05, 3.63) is 46.7 Å². The van der Waals surface area contributed by atoms with Gasteiger partial charge >= 0.3 is 12.0 Å². The van der Waals surface area contributed by atoms with Crippen LogP contribution >= 0.6 is 0 Å². The quantitative estimate of drug-likeness (QED) is 0.604. The van der Waals surface area contributed by atoms with Gasteiger partial charge in [0.1, 0.15) is 0 Å². The molecule has 3 amide bonds. The highest BCUT2D eigenvalue weighted by molar-refractivity contribution is 5.95. The van der Waals surface area contributed by atoms with E-state index in [0.717, 1.165) is 37.9 Å². The highest BCUT2D eigenvalue weighted by atomic mass is 16.5. The number of esters is 1. The third-order valence-corrected chi connectivity index (χ3v) is 7.21. The van der Waals surface area contributed by atoms with Crippen LogP contribution in [0.5, 0.6) is 0 Å². The van der Waals surface area contributed by atoms with Gasteiger partial charge in [-0.05, 0) is 43.2 Å². The summed E-state index contributed by atoms with van der Waals surface area (Å²) in [7, 11) is 1.70. The standard InChI is InChI=1S/C27H38N4O4/c1-5-35-26(33)23-22(17-30-13-6-14-31(16-15-30)25(32)21-11-12-21)29(4)27(34)28-24(23)20-9-7-19(8-10-20)18(2)3/h7-10,18,21,24H,5-6,11-17H2,1-4H3,(H,28,34)/t24-/m0/s1. The van der Waals surface area contributed by atoms with Crippen molar-refractivity contribution in [3.63, 3.8) is 0 Å². The zero-order valence-corrected chi connectivity index (χ0v) is 21.4. The number of ether oxygens (including phenoxy) is 1. The number of hydrogen-bond donors (Lipinski definition) is 1. The minimum Gasteiger partial charge on any atom is -0.463 e. The van der Waals surface area contributed by atoms with E-state index in [1.165, 1.54) is 10.5 Å². The number of rotatable bonds is 7. The van der Waals surface area contributed by atoms with Gasteiger partial charge in [0.05, 0.1) is 18.2 Å². The molecule has 1 N–H and O–H groups in total. The van der Waals surface area contributed by atoms with Crippen molar-refractivity contribution >= 4 is 17.9 Å². The number of likely N-dealkylation sites (N-methyl/N-ethyl adjacent to an activating group) is 1. The molecule has 3 aliphatic rings. The molecule has 190 valence electrons. The van der Waals surface area contributed by atoms with E-state index in [4.69, 9.17) is 4.74 Å². The topological polar surface area (TPSA) is 82.2 Å². The summed E-state index contributed by atoms with van der Waals surface area (Å²) < 4.78 is 5.46. The van der Waals surface area contributed by atoms with Crippen LogP contribution < -0.4 is 5.32 Å². The first-order valence-electron chi connectivity index (χ1n) is 12.9. The Kier molecular flexibility index (Phi) is 7.79. The van der Waals surface area contributed by atoms with Gasteiger partial charge in [0, 0.05) is 51.4 Å². The summed E-state index contributed by atoms with van der Waals surface area (Å²) in [6.07, 6.45) is 2.89. The molecule has 0 bridgehead atoms. The molecule has 2 heterocycles. The van der Waals surface area contributed by atoms with Gasteiger partial charge in [0.2, 0.25) is 5.91 Å². The normalized spacial score (nSPS) is 21.7. The van der Waals surface area contributed by atoms with Crippen LogP contribution in [-0.4, -0.2) is 79.0 Å². The lowest BCUT2D eigenvalue weighted by atomic mass is 9.92. The Balaban J connectivity index is 1.62. The number of nitrogens with one attached hydrogen (secondary N) is 1. The molecule has 8 nitrogen and oxygen atoms in total. The smallest absolute Gasteiger partial charge is 0.338 e. The number of hydrogen-bond acceptors (Lipinski definition) is 5. The second-order valence-corrected chi connectivity index (χ2v) is 10.1. The molecular formula is C27H38N4O4. The maximum absolute atomic E-state index is 13.2. The van der Waals surface area contributed by atoms with E-state index in [0.29, 0.717) is 36.8 Å². The van der Waals surface area contributed by atoms with Crippen molar-refractivity contribution < 1.29 is 19.1 Å². The van der Waals surface area contributed by atoms with Gasteiger partial charge in [0.25, 0.3) is 0 Å². The van der Waals surface area contributed by atoms with E-state index >= 15 is 0 Å². The molecule has 0 spiro atoms. The monoisotopic (exact) mass is 482 g/mol. The van der Waals surface area contributed by atoms with E-state index in [1.54, 1.807) is 14.0 Å². The molecule has 2 fully saturated rings. The minimum atomic E-state index is -0.575. The number of benzene rings is 1. The van der Waals surface area contributed by atoms with Gasteiger partial charge < -0.3 is 15.0 Å². The van der Waals surface area contributed by atoms with Crippen LogP contribution in [0.2, 0.25) is 0 Å². The molecule has 35 heavy (non-hydrogen) atoms. The number of carbonyl (C=O) groups is 3. The summed E-state index contributed by atoms with van der Waals surface area (Å²) in [6, 6.07) is 7.24. The summed E-state index contributed by atoms with van der Waals surface area (Å²) >= 11 is 0. The molecule has 1 saturated heterocycles. The van der Waals surface area contributed by atoms with E-state index in [9.17, 15) is 14.4 Å². The fourth-order valence-electron chi connectivity index (χ4n) is 4.87. The molecule has 1 aromatic carbocycles. The molecule has 0 radical (unpaired) electrons. The van der Waals surface area contributed by atoms with E-state index in [-0.39, 0.29) is 24.5 Å². The van der Waals surface area contributed by atoms with Crippen LogP contribution in [0.15, 0.2) is 35.5 Å². The first-order valence-corrected chi connectivity index (χ1v) is 12.9. The molecule has 1 saturated carbocycles. The molecule has 0 unspecified atom stereocenters. The summed E-state index contributed by atoms with van der Waals surface area (Å²) in [4.78, 5) is 44.5. The first-order chi connectivity index (χ1) is 16.8. The van der Waals surface area contributed by atoms with Crippen molar-refractivity contribution in [2.75, 3.05) is 46.4 Å². The zero-order valence-electron chi connectivity index (χ0n) is 21.4. The lowest BCUT2D eigenvalue weighted by Crippen LogP contribution is -2.49. The van der Waals surface area contributed by atoms with Crippen molar-refractivity contribution in [1.29, 1.82) is 0 Å². The van der Waals surface area contributed by atoms with E-state index in [1.807, 2.05) is 29.2 Å². The van der Waals surface area contributed by atoms with Crippen LogP contribution in [0.1, 0.15) is 63.1 Å². The average molecular weight is 483 g/mol. The molecule has 8 heteroatoms. The lowest BCUT2D eigenvalue weighted by molar-refractivity contribution is -0.139. The van der Waals surface area contributed by atoms with Crippen molar-refractivity contribution in [2.45, 2.75) is 52.0 Å². The number of nitrogens with zero attached hydrogens (tertiary/aromatic N) is 3. The van der Waals surface area contributed by atoms with E-state index in [2.05, 4.69) is 24.1 Å². The van der Waals surface area contributed by atoms with Crippen LogP contribution in [-0.2, 0) is 14.3 Å². The highest BCUT2D eigenvalue weighted by Crippen LogP contribution is 2.33. The minimum absolute atomic E-state index is 0.218. The molecule has 2 aliphatic heterocycles. The molecule has 1 aromatic rings. The van der Waals surface area contributed by atoms with Gasteiger partial charge in [-0.3, -0.25) is 14.6 Å². The Bertz CT molecular complexity index is 983. The van der Waals surface area contributed by atoms with Crippen molar-refractivity contribution in [1.82, 2.24) is 20.0 Å². The Morgan fingerprint density at radius 3 is 2.43 bits per heavy atom. The van der Waals surface area contributed by atoms with Gasteiger partial charge in [-0.15, -0.1) is 0 Å². The van der Waals surface area contributed by atoms with E-state index < -0.39 is 12.0 Å². The second kappa shape index (κ2) is 10.8. The predicted molar refractivity (Wildman–Crippen MR) is 134 cm³/mol. The molecule has 1 aliphatic carbocycles. The van der Waals surface area contributed by atoms with Gasteiger partial charge in [-0.2, -0.15) is 0 Å². The number of urea groups is 1. The third kappa shape index (κ3) is 5.69. The Hall–Kier alpha value is -2.87. The number of carbonyl (C=O) groups excluding carboxylic acids is 3. The third-order valence-electron chi connectivity index (χ3n) is 7.21. The second-order valence-electron chi connectivity index (χ2n) is 10.1. The maximum Gasteiger partial charge on any atom is 0.338 e. The Morgan fingerprint density at radius 2 is 1.80 bits per heavy atom. The maximum atomic E-state index is 13.2. The average Bonchev–Trinajstić information content (AvgIpc) is 3.69. The molecule has 4 rings (SSSR count). The van der Waals surface area contributed by atoms with Crippen LogP contribution in [0.4, 0.5) is 4.79 Å². The molecule has 1 atom stereocenters. The van der Waals surface area contributed by atoms with Crippen LogP contribution in [0.3, 0.4) is 0 Å². The summed E-state index contributed by atoms with van der Waals surface area (Å²) in [6.45, 7) is 9.71. The summed E-state index contributed by atoms with van der Waals surface area (Å²) in [5.74, 6) is 0.474. The Morgan fingerprint density at radius 1 is 1.09 bits per heavy atom. The molecular weight excluding hydrogens is 444 g/mol. The summed E-state index contributed by atoms with van der Waals surface area (Å²) in [5, 5.41) is 3.00. The van der Waals surface area contributed by atoms with Gasteiger partial charge in [-0.25, -0.2) is 9.59 Å². The Labute approximate surface area is 208 Å². The molecule has 0 aromatic heterocycles. The summed E-state index contributed by atoms with van der Waals surface area (Å²) in [5.41, 5.74) is 3.19. The first kappa shape index (κ1) is 25.2. The fraction of sp³-hybridized carbons (Fsp3) is 0.593. The lowest BCUT2D eigenvalue weighted by Gasteiger charge is -2.36. The zero-order chi connectivity index (χ0) is 25.1. The van der Waals surface area contributed by atoms with Gasteiger partial charge in [0.15, 0.2) is 0 Å². The van der Waals surface area contributed by atoms with Crippen molar-refractivity contribution in [2.24, 2.45) is 5.92 Å². The predicted octanol–water partition coefficient (Wildman–Crippen LogP) is 3.27. The van der Waals surface area contributed by atoms with Crippen LogP contribution in [0, 0.1) is 5.92 Å². The highest BCUT2D eigenvalue weighted by Gasteiger charge is 2.38. The number of amides is 3. The SMILES string of the molecule is CCOC(=O)C1=C(CN2CCCN(C(=O)C3CC3)CC2)N(C)C(=O)N[C@H]1c1ccc(C(C)C)cc1. The van der Waals surface area contributed by atoms with Crippen molar-refractivity contribution in [3.8, 4) is 0 Å². The fourth-order valence-corrected chi connectivity index (χ4v) is 4.87. The van der Waals surface area contributed by atoms with Gasteiger partial charge in [-0.1, -0.05) is 38.1 Å².